The number of nitro groups is 1. The van der Waals surface area contributed by atoms with E-state index in [0.717, 1.165) is 32.5 Å². The summed E-state index contributed by atoms with van der Waals surface area (Å²) < 4.78 is 5.74. The third-order valence-corrected chi connectivity index (χ3v) is 6.58. The molecule has 9 heteroatoms. The number of non-ortho nitro benzene ring substituents is 1. The maximum atomic E-state index is 13.3. The van der Waals surface area contributed by atoms with Crippen LogP contribution in [0, 0.1) is 10.1 Å². The van der Waals surface area contributed by atoms with Gasteiger partial charge in [0.05, 0.1) is 23.1 Å². The molecule has 1 unspecified atom stereocenters. The highest BCUT2D eigenvalue weighted by molar-refractivity contribution is 6.46. The highest BCUT2D eigenvalue weighted by Gasteiger charge is 2.46. The first-order valence-corrected chi connectivity index (χ1v) is 12.8. The average molecular weight is 510 g/mol. The van der Waals surface area contributed by atoms with Crippen molar-refractivity contribution >= 4 is 23.1 Å². The molecule has 198 valence electrons. The monoisotopic (exact) mass is 509 g/mol. The molecule has 0 aliphatic carbocycles. The Kier molecular flexibility index (Phi) is 9.79. The van der Waals surface area contributed by atoms with Crippen LogP contribution < -0.4 is 4.74 Å². The molecule has 9 nitrogen and oxygen atoms in total. The van der Waals surface area contributed by atoms with Crippen molar-refractivity contribution in [3.63, 3.8) is 0 Å². The van der Waals surface area contributed by atoms with E-state index in [-0.39, 0.29) is 23.6 Å². The molecule has 0 saturated carbocycles. The number of carbonyl (C=O) groups is 2. The van der Waals surface area contributed by atoms with E-state index in [0.29, 0.717) is 29.9 Å². The van der Waals surface area contributed by atoms with Crippen molar-refractivity contribution in [1.82, 2.24) is 9.80 Å². The van der Waals surface area contributed by atoms with Gasteiger partial charge in [-0.15, -0.1) is 0 Å². The average Bonchev–Trinajstić information content (AvgIpc) is 3.16. The van der Waals surface area contributed by atoms with Gasteiger partial charge in [-0.1, -0.05) is 51.5 Å². The molecule has 1 atom stereocenters. The van der Waals surface area contributed by atoms with Gasteiger partial charge in [-0.05, 0) is 50.2 Å². The minimum atomic E-state index is -0.943. The summed E-state index contributed by atoms with van der Waals surface area (Å²) in [6, 6.07) is 11.7. The number of likely N-dealkylation sites (tertiary alicyclic amines) is 1. The molecular weight excluding hydrogens is 474 g/mol. The third kappa shape index (κ3) is 6.54. The second-order valence-electron chi connectivity index (χ2n) is 8.95. The highest BCUT2D eigenvalue weighted by atomic mass is 16.6. The summed E-state index contributed by atoms with van der Waals surface area (Å²) in [4.78, 5) is 41.0. The smallest absolute Gasteiger partial charge is 0.295 e. The van der Waals surface area contributed by atoms with Crippen molar-refractivity contribution < 1.29 is 24.4 Å². The van der Waals surface area contributed by atoms with Gasteiger partial charge in [0.25, 0.3) is 17.4 Å². The molecule has 0 radical (unpaired) electrons. The van der Waals surface area contributed by atoms with Gasteiger partial charge < -0.3 is 19.6 Å². The van der Waals surface area contributed by atoms with Crippen LogP contribution in [0.25, 0.3) is 5.76 Å². The van der Waals surface area contributed by atoms with E-state index < -0.39 is 22.7 Å². The Hall–Kier alpha value is -3.72. The van der Waals surface area contributed by atoms with Gasteiger partial charge in [0.2, 0.25) is 0 Å². The van der Waals surface area contributed by atoms with Crippen molar-refractivity contribution in [2.45, 2.75) is 46.1 Å². The SMILES string of the molecule is CCCCOc1cccc(C(O)=C2C(=O)C(=O)N(CCCN(CC)CC)C2c2cccc([N+](=O)[O-])c2)c1. The van der Waals surface area contributed by atoms with Crippen LogP contribution in [-0.2, 0) is 9.59 Å². The highest BCUT2D eigenvalue weighted by Crippen LogP contribution is 2.40. The second kappa shape index (κ2) is 13.0. The maximum absolute atomic E-state index is 13.3. The van der Waals surface area contributed by atoms with Gasteiger partial charge in [-0.3, -0.25) is 19.7 Å². The first-order valence-electron chi connectivity index (χ1n) is 12.8. The van der Waals surface area contributed by atoms with E-state index in [9.17, 15) is 24.8 Å². The van der Waals surface area contributed by atoms with E-state index in [4.69, 9.17) is 4.74 Å². The molecular formula is C28H35N3O6. The molecule has 1 saturated heterocycles. The number of unbranched alkanes of at least 4 members (excludes halogenated alkanes) is 1. The molecule has 3 rings (SSSR count). The van der Waals surface area contributed by atoms with Crippen LogP contribution in [0.5, 0.6) is 5.75 Å². The van der Waals surface area contributed by atoms with Crippen LogP contribution in [0.15, 0.2) is 54.1 Å². The summed E-state index contributed by atoms with van der Waals surface area (Å²) in [6.07, 6.45) is 2.46. The number of ether oxygens (including phenoxy) is 1. The second-order valence-corrected chi connectivity index (χ2v) is 8.95. The van der Waals surface area contributed by atoms with Crippen molar-refractivity contribution in [3.05, 3.63) is 75.3 Å². The fourth-order valence-electron chi connectivity index (χ4n) is 4.49. The Morgan fingerprint density at radius 2 is 1.81 bits per heavy atom. The fourth-order valence-corrected chi connectivity index (χ4v) is 4.49. The van der Waals surface area contributed by atoms with Gasteiger partial charge in [-0.25, -0.2) is 0 Å². The number of nitro benzene ring substituents is 1. The van der Waals surface area contributed by atoms with Crippen molar-refractivity contribution in [2.75, 3.05) is 32.8 Å². The predicted molar refractivity (Wildman–Crippen MR) is 141 cm³/mol. The summed E-state index contributed by atoms with van der Waals surface area (Å²) in [7, 11) is 0. The molecule has 2 aromatic carbocycles. The van der Waals surface area contributed by atoms with E-state index in [1.165, 1.54) is 23.1 Å². The Morgan fingerprint density at radius 3 is 2.49 bits per heavy atom. The predicted octanol–water partition coefficient (Wildman–Crippen LogP) is 4.93. The van der Waals surface area contributed by atoms with E-state index in [1.54, 1.807) is 30.3 Å². The molecule has 37 heavy (non-hydrogen) atoms. The minimum Gasteiger partial charge on any atom is -0.507 e. The van der Waals surface area contributed by atoms with Gasteiger partial charge >= 0.3 is 0 Å². The zero-order valence-corrected chi connectivity index (χ0v) is 21.7. The van der Waals surface area contributed by atoms with Crippen molar-refractivity contribution in [1.29, 1.82) is 0 Å². The topological polar surface area (TPSA) is 113 Å². The number of Topliss-reactive ketones (excluding diaryl/α,β-unsaturated/α-hetero) is 1. The zero-order chi connectivity index (χ0) is 26.9. The summed E-state index contributed by atoms with van der Waals surface area (Å²) in [5.41, 5.74) is 0.496. The number of nitrogens with zero attached hydrogens (tertiary/aromatic N) is 3. The maximum Gasteiger partial charge on any atom is 0.295 e. The lowest BCUT2D eigenvalue weighted by Crippen LogP contribution is -2.33. The number of rotatable bonds is 13. The Morgan fingerprint density at radius 1 is 1.08 bits per heavy atom. The Labute approximate surface area is 217 Å². The van der Waals surface area contributed by atoms with Crippen LogP contribution in [0.4, 0.5) is 5.69 Å². The Bertz CT molecular complexity index is 1160. The number of carbonyl (C=O) groups excluding carboxylic acids is 2. The molecule has 1 heterocycles. The molecule has 1 amide bonds. The first kappa shape index (κ1) is 27.9. The molecule has 1 fully saturated rings. The zero-order valence-electron chi connectivity index (χ0n) is 21.7. The number of aliphatic hydroxyl groups excluding tert-OH is 1. The first-order chi connectivity index (χ1) is 17.8. The van der Waals surface area contributed by atoms with E-state index in [2.05, 4.69) is 25.7 Å². The Balaban J connectivity index is 2.04. The molecule has 2 aromatic rings. The number of aliphatic hydroxyl groups is 1. The molecule has 1 aliphatic heterocycles. The normalized spacial score (nSPS) is 17.0. The largest absolute Gasteiger partial charge is 0.507 e. The van der Waals surface area contributed by atoms with E-state index >= 15 is 0 Å². The number of amides is 1. The van der Waals surface area contributed by atoms with Crippen LogP contribution in [0.2, 0.25) is 0 Å². The summed E-state index contributed by atoms with van der Waals surface area (Å²) >= 11 is 0. The van der Waals surface area contributed by atoms with Crippen LogP contribution in [-0.4, -0.2) is 64.3 Å². The van der Waals surface area contributed by atoms with Crippen molar-refractivity contribution in [3.8, 4) is 5.75 Å². The van der Waals surface area contributed by atoms with Crippen LogP contribution in [0.3, 0.4) is 0 Å². The fraction of sp³-hybridized carbons (Fsp3) is 0.429. The molecule has 0 aromatic heterocycles. The lowest BCUT2D eigenvalue weighted by Gasteiger charge is -2.26. The molecule has 1 aliphatic rings. The third-order valence-electron chi connectivity index (χ3n) is 6.58. The van der Waals surface area contributed by atoms with Crippen LogP contribution >= 0.6 is 0 Å². The summed E-state index contributed by atoms with van der Waals surface area (Å²) in [5.74, 6) is -1.33. The lowest BCUT2D eigenvalue weighted by atomic mass is 9.95. The van der Waals surface area contributed by atoms with Crippen LogP contribution in [0.1, 0.15) is 57.2 Å². The number of ketones is 1. The summed E-state index contributed by atoms with van der Waals surface area (Å²) in [6.45, 7) is 9.41. The standard InChI is InChI=1S/C28H35N3O6/c1-4-7-17-37-23-14-9-12-21(19-23)26(32)24-25(20-11-8-13-22(18-20)31(35)36)30(28(34)27(24)33)16-10-15-29(5-2)6-3/h8-9,11-14,18-19,25,32H,4-7,10,15-17H2,1-3H3. The lowest BCUT2D eigenvalue weighted by molar-refractivity contribution is -0.384. The number of benzene rings is 2. The van der Waals surface area contributed by atoms with Gasteiger partial charge in [0.15, 0.2) is 0 Å². The van der Waals surface area contributed by atoms with E-state index in [1.807, 2.05) is 0 Å². The van der Waals surface area contributed by atoms with Gasteiger partial charge in [0, 0.05) is 24.2 Å². The number of hydrogen-bond acceptors (Lipinski definition) is 7. The summed E-state index contributed by atoms with van der Waals surface area (Å²) in [5, 5.41) is 22.8. The quantitative estimate of drug-likeness (QED) is 0.102. The van der Waals surface area contributed by atoms with Crippen molar-refractivity contribution in [2.24, 2.45) is 0 Å². The minimum absolute atomic E-state index is 0.0842. The molecule has 1 N–H and O–H groups in total. The molecule has 0 bridgehead atoms. The molecule has 0 spiro atoms. The van der Waals surface area contributed by atoms with Gasteiger partial charge in [0.1, 0.15) is 11.5 Å². The van der Waals surface area contributed by atoms with Gasteiger partial charge in [-0.2, -0.15) is 0 Å². The number of hydrogen-bond donors (Lipinski definition) is 1.